The van der Waals surface area contributed by atoms with Crippen molar-refractivity contribution in [3.8, 4) is 0 Å². The van der Waals surface area contributed by atoms with Crippen LogP contribution in [0, 0.1) is 23.2 Å². The van der Waals surface area contributed by atoms with Gasteiger partial charge in [0.05, 0.1) is 6.61 Å². The first-order valence-electron chi connectivity index (χ1n) is 9.20. The fourth-order valence-corrected chi connectivity index (χ4v) is 5.71. The minimum atomic E-state index is 0.748. The van der Waals surface area contributed by atoms with E-state index in [0.29, 0.717) is 0 Å². The maximum Gasteiger partial charge on any atom is 0.0587 e. The lowest BCUT2D eigenvalue weighted by molar-refractivity contribution is -0.0567. The first-order valence-corrected chi connectivity index (χ1v) is 9.20. The molecule has 0 amide bonds. The number of nitrogens with one attached hydrogen (secondary N) is 2. The second-order valence-corrected chi connectivity index (χ2v) is 8.01. The molecule has 0 aliphatic heterocycles. The zero-order valence-electron chi connectivity index (χ0n) is 13.8. The second-order valence-electron chi connectivity index (χ2n) is 8.01. The summed E-state index contributed by atoms with van der Waals surface area (Å²) in [7, 11) is 1.76. The van der Waals surface area contributed by atoms with Crippen LogP contribution in [-0.2, 0) is 4.74 Å². The minimum Gasteiger partial charge on any atom is -0.383 e. The average Bonchev–Trinajstić information content (AvgIpc) is 2.44. The lowest BCUT2D eigenvalue weighted by atomic mass is 9.49. The largest absolute Gasteiger partial charge is 0.383 e. The van der Waals surface area contributed by atoms with E-state index in [4.69, 9.17) is 4.74 Å². The standard InChI is InChI=1S/C18H34N2O/c1-21-8-7-20-5-2-4-19-6-3-18-12-15-9-16(13-18)11-17(10-15)14-18/h15-17,19-20H,2-14H2,1H3. The Labute approximate surface area is 130 Å². The second kappa shape index (κ2) is 7.43. The molecule has 0 saturated heterocycles. The Bertz CT molecular complexity index is 283. The van der Waals surface area contributed by atoms with Crippen LogP contribution >= 0.6 is 0 Å². The van der Waals surface area contributed by atoms with Gasteiger partial charge in [-0.2, -0.15) is 0 Å². The Morgan fingerprint density at radius 1 is 0.857 bits per heavy atom. The van der Waals surface area contributed by atoms with Crippen LogP contribution in [0.1, 0.15) is 51.4 Å². The first-order chi connectivity index (χ1) is 10.3. The molecule has 0 aromatic heterocycles. The summed E-state index contributed by atoms with van der Waals surface area (Å²) >= 11 is 0. The third-order valence-corrected chi connectivity index (χ3v) is 6.19. The summed E-state index contributed by atoms with van der Waals surface area (Å²) in [5.41, 5.74) is 0.748. The van der Waals surface area contributed by atoms with Crippen LogP contribution in [0.2, 0.25) is 0 Å². The van der Waals surface area contributed by atoms with Gasteiger partial charge >= 0.3 is 0 Å². The quantitative estimate of drug-likeness (QED) is 0.608. The van der Waals surface area contributed by atoms with Gasteiger partial charge in [-0.25, -0.2) is 0 Å². The number of rotatable bonds is 10. The van der Waals surface area contributed by atoms with Gasteiger partial charge in [0.2, 0.25) is 0 Å². The summed E-state index contributed by atoms with van der Waals surface area (Å²) in [6.07, 6.45) is 12.0. The highest BCUT2D eigenvalue weighted by atomic mass is 16.5. The fraction of sp³-hybridized carbons (Fsp3) is 1.00. The molecule has 0 aromatic rings. The van der Waals surface area contributed by atoms with Crippen molar-refractivity contribution in [3.63, 3.8) is 0 Å². The Hall–Kier alpha value is -0.120. The Morgan fingerprint density at radius 2 is 1.43 bits per heavy atom. The van der Waals surface area contributed by atoms with Crippen LogP contribution in [-0.4, -0.2) is 39.9 Å². The van der Waals surface area contributed by atoms with Gasteiger partial charge in [0.15, 0.2) is 0 Å². The van der Waals surface area contributed by atoms with Gasteiger partial charge in [0.25, 0.3) is 0 Å². The highest BCUT2D eigenvalue weighted by Crippen LogP contribution is 2.61. The van der Waals surface area contributed by atoms with Gasteiger partial charge in [-0.05, 0) is 94.2 Å². The SMILES string of the molecule is COCCNCCCNCCC12CC3CC(CC(C3)C1)C2. The summed E-state index contributed by atoms with van der Waals surface area (Å²) in [4.78, 5) is 0. The van der Waals surface area contributed by atoms with E-state index < -0.39 is 0 Å². The zero-order chi connectivity index (χ0) is 14.5. The van der Waals surface area contributed by atoms with Gasteiger partial charge in [-0.15, -0.1) is 0 Å². The molecule has 0 radical (unpaired) electrons. The summed E-state index contributed by atoms with van der Waals surface area (Å²) in [6, 6.07) is 0. The van der Waals surface area contributed by atoms with Crippen molar-refractivity contribution in [2.45, 2.75) is 51.4 Å². The van der Waals surface area contributed by atoms with Crippen LogP contribution in [0.4, 0.5) is 0 Å². The van der Waals surface area contributed by atoms with Crippen molar-refractivity contribution in [2.75, 3.05) is 39.9 Å². The van der Waals surface area contributed by atoms with E-state index in [1.165, 1.54) is 19.4 Å². The molecule has 0 aromatic carbocycles. The fourth-order valence-electron chi connectivity index (χ4n) is 5.71. The molecule has 3 nitrogen and oxygen atoms in total. The molecule has 3 heteroatoms. The third kappa shape index (κ3) is 4.20. The molecule has 4 bridgehead atoms. The van der Waals surface area contributed by atoms with E-state index in [2.05, 4.69) is 10.6 Å². The van der Waals surface area contributed by atoms with Gasteiger partial charge in [0, 0.05) is 13.7 Å². The van der Waals surface area contributed by atoms with Crippen molar-refractivity contribution in [3.05, 3.63) is 0 Å². The van der Waals surface area contributed by atoms with E-state index in [-0.39, 0.29) is 0 Å². The lowest BCUT2D eigenvalue weighted by Gasteiger charge is -2.57. The van der Waals surface area contributed by atoms with Crippen molar-refractivity contribution >= 4 is 0 Å². The Kier molecular flexibility index (Phi) is 5.58. The van der Waals surface area contributed by atoms with E-state index in [1.807, 2.05) is 0 Å². The molecule has 0 atom stereocenters. The van der Waals surface area contributed by atoms with Gasteiger partial charge < -0.3 is 15.4 Å². The molecular weight excluding hydrogens is 260 g/mol. The van der Waals surface area contributed by atoms with Crippen molar-refractivity contribution in [2.24, 2.45) is 23.2 Å². The number of hydrogen-bond acceptors (Lipinski definition) is 3. The molecule has 4 saturated carbocycles. The molecule has 4 aliphatic carbocycles. The van der Waals surface area contributed by atoms with Crippen LogP contribution in [0.15, 0.2) is 0 Å². The molecular formula is C18H34N2O. The van der Waals surface area contributed by atoms with E-state index >= 15 is 0 Å². The molecule has 0 heterocycles. The highest BCUT2D eigenvalue weighted by Gasteiger charge is 2.50. The molecule has 4 rings (SSSR count). The number of ether oxygens (including phenoxy) is 1. The number of methoxy groups -OCH3 is 1. The van der Waals surface area contributed by atoms with Crippen LogP contribution in [0.3, 0.4) is 0 Å². The van der Waals surface area contributed by atoms with Crippen molar-refractivity contribution in [1.29, 1.82) is 0 Å². The summed E-state index contributed by atoms with van der Waals surface area (Å²) < 4.78 is 5.03. The Morgan fingerprint density at radius 3 is 2.00 bits per heavy atom. The molecule has 0 unspecified atom stereocenters. The highest BCUT2D eigenvalue weighted by molar-refractivity contribution is 5.01. The maximum atomic E-state index is 5.03. The summed E-state index contributed by atoms with van der Waals surface area (Å²) in [6.45, 7) is 5.30. The zero-order valence-corrected chi connectivity index (χ0v) is 13.8. The van der Waals surface area contributed by atoms with Gasteiger partial charge in [-0.3, -0.25) is 0 Å². The molecule has 2 N–H and O–H groups in total. The topological polar surface area (TPSA) is 33.3 Å². The van der Waals surface area contributed by atoms with E-state index in [0.717, 1.165) is 49.4 Å². The normalized spacial score (nSPS) is 37.3. The predicted molar refractivity (Wildman–Crippen MR) is 87.5 cm³/mol. The molecule has 4 fully saturated rings. The van der Waals surface area contributed by atoms with Gasteiger partial charge in [-0.1, -0.05) is 0 Å². The van der Waals surface area contributed by atoms with Crippen molar-refractivity contribution in [1.82, 2.24) is 10.6 Å². The van der Waals surface area contributed by atoms with Crippen LogP contribution in [0.25, 0.3) is 0 Å². The average molecular weight is 294 g/mol. The molecule has 122 valence electrons. The third-order valence-electron chi connectivity index (χ3n) is 6.19. The van der Waals surface area contributed by atoms with Gasteiger partial charge in [0.1, 0.15) is 0 Å². The minimum absolute atomic E-state index is 0.748. The van der Waals surface area contributed by atoms with Crippen molar-refractivity contribution < 1.29 is 4.74 Å². The van der Waals surface area contributed by atoms with Crippen LogP contribution < -0.4 is 10.6 Å². The molecule has 21 heavy (non-hydrogen) atoms. The molecule has 4 aliphatic rings. The van der Waals surface area contributed by atoms with Crippen LogP contribution in [0.5, 0.6) is 0 Å². The predicted octanol–water partition coefficient (Wildman–Crippen LogP) is 2.81. The first kappa shape index (κ1) is 15.8. The monoisotopic (exact) mass is 294 g/mol. The lowest BCUT2D eigenvalue weighted by Crippen LogP contribution is -2.47. The summed E-state index contributed by atoms with van der Waals surface area (Å²) in [5, 5.41) is 7.09. The molecule has 0 spiro atoms. The Balaban J connectivity index is 1.26. The number of hydrogen-bond donors (Lipinski definition) is 2. The van der Waals surface area contributed by atoms with E-state index in [9.17, 15) is 0 Å². The smallest absolute Gasteiger partial charge is 0.0587 e. The maximum absolute atomic E-state index is 5.03. The van der Waals surface area contributed by atoms with E-state index in [1.54, 1.807) is 45.6 Å². The summed E-state index contributed by atoms with van der Waals surface area (Å²) in [5.74, 6) is 3.30.